The maximum absolute atomic E-state index is 5.89. The average molecular weight is 200 g/mol. The molecule has 0 bridgehead atoms. The molecule has 1 heterocycles. The molecule has 0 aromatic heterocycles. The largest absolute Gasteiger partial charge is 0.375 e. The summed E-state index contributed by atoms with van der Waals surface area (Å²) in [6.45, 7) is 8.00. The van der Waals surface area contributed by atoms with Gasteiger partial charge in [-0.25, -0.2) is 0 Å². The minimum Gasteiger partial charge on any atom is -0.375 e. The zero-order valence-electron chi connectivity index (χ0n) is 9.51. The number of nitrogens with two attached hydrogens (primary N) is 1. The third-order valence-electron chi connectivity index (χ3n) is 3.28. The molecule has 0 aliphatic carbocycles. The monoisotopic (exact) mass is 200 g/mol. The molecule has 1 aliphatic heterocycles. The maximum atomic E-state index is 5.89. The molecule has 0 aromatic rings. The molecule has 1 fully saturated rings. The third kappa shape index (κ3) is 2.94. The summed E-state index contributed by atoms with van der Waals surface area (Å²) in [6, 6.07) is 0. The van der Waals surface area contributed by atoms with E-state index in [0.717, 1.165) is 26.1 Å². The lowest BCUT2D eigenvalue weighted by Crippen LogP contribution is -2.47. The van der Waals surface area contributed by atoms with E-state index >= 15 is 0 Å². The summed E-state index contributed by atoms with van der Waals surface area (Å²) in [7, 11) is 0. The fourth-order valence-electron chi connectivity index (χ4n) is 2.38. The summed E-state index contributed by atoms with van der Waals surface area (Å²) in [6.07, 6.45) is 3.49. The van der Waals surface area contributed by atoms with Crippen LogP contribution in [0.15, 0.2) is 0 Å². The Hall–Kier alpha value is -0.120. The number of nitrogens with one attached hydrogen (secondary N) is 1. The summed E-state index contributed by atoms with van der Waals surface area (Å²) < 4.78 is 5.89. The van der Waals surface area contributed by atoms with E-state index in [1.165, 1.54) is 12.8 Å². The second kappa shape index (κ2) is 5.69. The van der Waals surface area contributed by atoms with Crippen molar-refractivity contribution in [2.24, 2.45) is 11.7 Å². The quantitative estimate of drug-likeness (QED) is 0.699. The van der Waals surface area contributed by atoms with Crippen LogP contribution in [0.1, 0.15) is 33.1 Å². The minimum absolute atomic E-state index is 0.0169. The molecule has 2 atom stereocenters. The predicted octanol–water partition coefficient (Wildman–Crippen LogP) is 1.13. The molecule has 84 valence electrons. The Labute approximate surface area is 87.4 Å². The fraction of sp³-hybridized carbons (Fsp3) is 1.00. The number of hydrogen-bond donors (Lipinski definition) is 2. The smallest absolute Gasteiger partial charge is 0.0706 e. The van der Waals surface area contributed by atoms with Crippen molar-refractivity contribution in [2.75, 3.05) is 26.2 Å². The van der Waals surface area contributed by atoms with Crippen LogP contribution in [0.2, 0.25) is 0 Å². The van der Waals surface area contributed by atoms with Crippen molar-refractivity contribution in [1.29, 1.82) is 0 Å². The van der Waals surface area contributed by atoms with Gasteiger partial charge in [0.1, 0.15) is 0 Å². The van der Waals surface area contributed by atoms with Crippen LogP contribution in [0.5, 0.6) is 0 Å². The molecule has 0 aromatic carbocycles. The summed E-state index contributed by atoms with van der Waals surface area (Å²) >= 11 is 0. The van der Waals surface area contributed by atoms with Gasteiger partial charge in [-0.1, -0.05) is 0 Å². The molecule has 0 spiro atoms. The highest BCUT2D eigenvalue weighted by atomic mass is 16.5. The molecule has 1 rings (SSSR count). The van der Waals surface area contributed by atoms with Gasteiger partial charge >= 0.3 is 0 Å². The SMILES string of the molecule is CCOC(C)(CCN)C1CCCNC1. The Balaban J connectivity index is 2.54. The van der Waals surface area contributed by atoms with Crippen LogP contribution < -0.4 is 11.1 Å². The van der Waals surface area contributed by atoms with Gasteiger partial charge in [0.25, 0.3) is 0 Å². The lowest BCUT2D eigenvalue weighted by molar-refractivity contribution is -0.0782. The Morgan fingerprint density at radius 2 is 2.36 bits per heavy atom. The van der Waals surface area contributed by atoms with Crippen molar-refractivity contribution in [3.63, 3.8) is 0 Å². The van der Waals surface area contributed by atoms with Crippen LogP contribution >= 0.6 is 0 Å². The van der Waals surface area contributed by atoms with E-state index < -0.39 is 0 Å². The highest BCUT2D eigenvalue weighted by Crippen LogP contribution is 2.30. The summed E-state index contributed by atoms with van der Waals surface area (Å²) in [5.74, 6) is 0.625. The Kier molecular flexibility index (Phi) is 4.85. The normalized spacial score (nSPS) is 27.2. The van der Waals surface area contributed by atoms with Crippen molar-refractivity contribution in [3.05, 3.63) is 0 Å². The molecule has 0 saturated carbocycles. The van der Waals surface area contributed by atoms with E-state index in [-0.39, 0.29) is 5.60 Å². The molecule has 1 aliphatic rings. The second-order valence-corrected chi connectivity index (χ2v) is 4.33. The van der Waals surface area contributed by atoms with E-state index in [2.05, 4.69) is 19.2 Å². The van der Waals surface area contributed by atoms with Crippen molar-refractivity contribution >= 4 is 0 Å². The Morgan fingerprint density at radius 3 is 2.86 bits per heavy atom. The van der Waals surface area contributed by atoms with E-state index in [4.69, 9.17) is 10.5 Å². The molecule has 1 saturated heterocycles. The van der Waals surface area contributed by atoms with Gasteiger partial charge in [0.2, 0.25) is 0 Å². The first-order valence-corrected chi connectivity index (χ1v) is 5.77. The Bertz CT molecular complexity index is 149. The zero-order chi connectivity index (χ0) is 10.4. The van der Waals surface area contributed by atoms with Crippen molar-refractivity contribution in [1.82, 2.24) is 5.32 Å². The summed E-state index contributed by atoms with van der Waals surface area (Å²) in [5, 5.41) is 3.44. The lowest BCUT2D eigenvalue weighted by Gasteiger charge is -2.39. The van der Waals surface area contributed by atoms with Crippen LogP contribution in [-0.4, -0.2) is 31.8 Å². The first-order chi connectivity index (χ1) is 6.73. The highest BCUT2D eigenvalue weighted by Gasteiger charge is 2.34. The lowest BCUT2D eigenvalue weighted by atomic mass is 9.81. The van der Waals surface area contributed by atoms with Gasteiger partial charge in [-0.3, -0.25) is 0 Å². The average Bonchev–Trinajstić information content (AvgIpc) is 2.20. The first-order valence-electron chi connectivity index (χ1n) is 5.77. The van der Waals surface area contributed by atoms with Crippen LogP contribution in [0.3, 0.4) is 0 Å². The standard InChI is InChI=1S/C11H24N2O/c1-3-14-11(2,6-7-12)10-5-4-8-13-9-10/h10,13H,3-9,12H2,1-2H3. The van der Waals surface area contributed by atoms with Crippen molar-refractivity contribution in [2.45, 2.75) is 38.7 Å². The molecule has 2 unspecified atom stereocenters. The van der Waals surface area contributed by atoms with E-state index in [9.17, 15) is 0 Å². The number of rotatable bonds is 5. The van der Waals surface area contributed by atoms with Gasteiger partial charge in [0.15, 0.2) is 0 Å². The van der Waals surface area contributed by atoms with Gasteiger partial charge in [0.05, 0.1) is 5.60 Å². The van der Waals surface area contributed by atoms with Gasteiger partial charge in [0, 0.05) is 19.1 Å². The molecular formula is C11H24N2O. The van der Waals surface area contributed by atoms with Crippen molar-refractivity contribution in [3.8, 4) is 0 Å². The molecule has 14 heavy (non-hydrogen) atoms. The third-order valence-corrected chi connectivity index (χ3v) is 3.28. The van der Waals surface area contributed by atoms with E-state index in [0.29, 0.717) is 12.5 Å². The van der Waals surface area contributed by atoms with Crippen LogP contribution in [0.4, 0.5) is 0 Å². The summed E-state index contributed by atoms with van der Waals surface area (Å²) in [5.41, 5.74) is 5.63. The van der Waals surface area contributed by atoms with Crippen molar-refractivity contribution < 1.29 is 4.74 Å². The molecule has 3 N–H and O–H groups in total. The van der Waals surface area contributed by atoms with E-state index in [1.54, 1.807) is 0 Å². The van der Waals surface area contributed by atoms with Gasteiger partial charge < -0.3 is 15.8 Å². The maximum Gasteiger partial charge on any atom is 0.0706 e. The zero-order valence-corrected chi connectivity index (χ0v) is 9.51. The molecule has 0 radical (unpaired) electrons. The van der Waals surface area contributed by atoms with Crippen LogP contribution in [0, 0.1) is 5.92 Å². The van der Waals surface area contributed by atoms with Gasteiger partial charge in [-0.05, 0) is 46.2 Å². The molecule has 0 amide bonds. The van der Waals surface area contributed by atoms with E-state index in [1.807, 2.05) is 0 Å². The van der Waals surface area contributed by atoms with Gasteiger partial charge in [-0.2, -0.15) is 0 Å². The van der Waals surface area contributed by atoms with Crippen LogP contribution in [0.25, 0.3) is 0 Å². The number of ether oxygens (including phenoxy) is 1. The first kappa shape index (κ1) is 12.0. The number of hydrogen-bond acceptors (Lipinski definition) is 3. The Morgan fingerprint density at radius 1 is 1.57 bits per heavy atom. The van der Waals surface area contributed by atoms with Crippen LogP contribution in [-0.2, 0) is 4.74 Å². The molecular weight excluding hydrogens is 176 g/mol. The topological polar surface area (TPSA) is 47.3 Å². The minimum atomic E-state index is -0.0169. The fourth-order valence-corrected chi connectivity index (χ4v) is 2.38. The molecule has 3 heteroatoms. The second-order valence-electron chi connectivity index (χ2n) is 4.33. The molecule has 3 nitrogen and oxygen atoms in total. The van der Waals surface area contributed by atoms with Gasteiger partial charge in [-0.15, -0.1) is 0 Å². The number of piperidine rings is 1. The highest BCUT2D eigenvalue weighted by molar-refractivity contribution is 4.88. The predicted molar refractivity (Wildman–Crippen MR) is 59.3 cm³/mol. The summed E-state index contributed by atoms with van der Waals surface area (Å²) in [4.78, 5) is 0.